The monoisotopic (exact) mass is 317 g/mol. The summed E-state index contributed by atoms with van der Waals surface area (Å²) in [5.74, 6) is 0.0518. The lowest BCUT2D eigenvalue weighted by atomic mass is 9.84. The minimum atomic E-state index is 0.0518. The highest BCUT2D eigenvalue weighted by atomic mass is 79.9. The molecule has 4 heteroatoms. The van der Waals surface area contributed by atoms with Gasteiger partial charge in [-0.1, -0.05) is 29.8 Å². The number of carbonyl (C=O) groups excluding carboxylic acids is 1. The molecule has 0 bridgehead atoms. The van der Waals surface area contributed by atoms with Gasteiger partial charge in [-0.15, -0.1) is 0 Å². The molecule has 0 aliphatic rings. The summed E-state index contributed by atoms with van der Waals surface area (Å²) in [7, 11) is 0. The normalized spacial score (nSPS) is 11.5. The summed E-state index contributed by atoms with van der Waals surface area (Å²) in [5, 5.41) is 7.91. The molecule has 0 fully saturated rings. The molecule has 0 spiro atoms. The lowest BCUT2D eigenvalue weighted by Gasteiger charge is -2.29. The summed E-state index contributed by atoms with van der Waals surface area (Å²) in [6, 6.07) is 0. The highest BCUT2D eigenvalue weighted by molar-refractivity contribution is 9.09. The minimum absolute atomic E-state index is 0.0518. The molecule has 1 heterocycles. The molecular weight excluding hydrogens is 298 g/mol. The van der Waals surface area contributed by atoms with E-state index in [0.29, 0.717) is 0 Å². The summed E-state index contributed by atoms with van der Waals surface area (Å²) >= 11 is 5.13. The van der Waals surface area contributed by atoms with Gasteiger partial charge in [0.2, 0.25) is 0 Å². The first-order valence-electron chi connectivity index (χ1n) is 5.95. The van der Waals surface area contributed by atoms with Crippen molar-refractivity contribution in [2.45, 2.75) is 33.6 Å². The molecule has 1 N–H and O–H groups in total. The third-order valence-electron chi connectivity index (χ3n) is 3.51. The van der Waals surface area contributed by atoms with Gasteiger partial charge in [-0.2, -0.15) is 11.3 Å². The predicted molar refractivity (Wildman–Crippen MR) is 78.2 cm³/mol. The lowest BCUT2D eigenvalue weighted by molar-refractivity contribution is 0.0932. The van der Waals surface area contributed by atoms with Crippen LogP contribution in [0.25, 0.3) is 0 Å². The highest BCUT2D eigenvalue weighted by Gasteiger charge is 2.25. The van der Waals surface area contributed by atoms with E-state index in [1.165, 1.54) is 0 Å². The van der Waals surface area contributed by atoms with Gasteiger partial charge in [0.1, 0.15) is 0 Å². The Morgan fingerprint density at radius 1 is 1.41 bits per heavy atom. The molecule has 1 aromatic heterocycles. The van der Waals surface area contributed by atoms with Crippen molar-refractivity contribution in [2.75, 3.05) is 11.9 Å². The molecule has 17 heavy (non-hydrogen) atoms. The zero-order chi connectivity index (χ0) is 12.9. The fraction of sp³-hybridized carbons (Fsp3) is 0.615. The Hall–Kier alpha value is -0.350. The number of carbonyl (C=O) groups is 1. The van der Waals surface area contributed by atoms with Crippen LogP contribution in [-0.2, 0) is 0 Å². The number of hydrogen-bond donors (Lipinski definition) is 1. The van der Waals surface area contributed by atoms with E-state index in [2.05, 4.69) is 35.1 Å². The molecule has 0 radical (unpaired) electrons. The Labute approximate surface area is 116 Å². The molecule has 2 nitrogen and oxygen atoms in total. The van der Waals surface area contributed by atoms with Crippen molar-refractivity contribution in [3.8, 4) is 0 Å². The van der Waals surface area contributed by atoms with Gasteiger partial charge in [0.25, 0.3) is 5.91 Å². The smallest absolute Gasteiger partial charge is 0.252 e. The maximum Gasteiger partial charge on any atom is 0.252 e. The third-order valence-corrected chi connectivity index (χ3v) is 5.56. The molecular formula is C13H20BrNOS. The van der Waals surface area contributed by atoms with Crippen molar-refractivity contribution in [3.05, 3.63) is 21.9 Å². The standard InChI is InChI=1S/C13H20BrNOS/c1-4-13(5-2,8-14)9-15-12(16)11-7-17-6-10(11)3/h6-7H,4-5,8-9H2,1-3H3,(H,15,16). The summed E-state index contributed by atoms with van der Waals surface area (Å²) in [6.45, 7) is 7.06. The van der Waals surface area contributed by atoms with Crippen molar-refractivity contribution >= 4 is 33.2 Å². The Morgan fingerprint density at radius 2 is 2.06 bits per heavy atom. The van der Waals surface area contributed by atoms with Gasteiger partial charge in [-0.05, 0) is 36.1 Å². The minimum Gasteiger partial charge on any atom is -0.351 e. The first kappa shape index (κ1) is 14.7. The summed E-state index contributed by atoms with van der Waals surface area (Å²) in [5.41, 5.74) is 2.05. The van der Waals surface area contributed by atoms with Crippen LogP contribution in [0.3, 0.4) is 0 Å². The zero-order valence-electron chi connectivity index (χ0n) is 10.7. The van der Waals surface area contributed by atoms with Gasteiger partial charge >= 0.3 is 0 Å². The first-order valence-corrected chi connectivity index (χ1v) is 8.02. The lowest BCUT2D eigenvalue weighted by Crippen LogP contribution is -2.38. The van der Waals surface area contributed by atoms with Crippen LogP contribution in [0.15, 0.2) is 10.8 Å². The summed E-state index contributed by atoms with van der Waals surface area (Å²) < 4.78 is 0. The number of halogens is 1. The fourth-order valence-electron chi connectivity index (χ4n) is 1.69. The van der Waals surface area contributed by atoms with Gasteiger partial charge in [0.15, 0.2) is 0 Å². The topological polar surface area (TPSA) is 29.1 Å². The first-order chi connectivity index (χ1) is 8.08. The fourth-order valence-corrected chi connectivity index (χ4v) is 3.51. The molecule has 1 rings (SSSR count). The van der Waals surface area contributed by atoms with E-state index in [0.717, 1.165) is 35.8 Å². The zero-order valence-corrected chi connectivity index (χ0v) is 13.1. The van der Waals surface area contributed by atoms with Gasteiger partial charge in [0.05, 0.1) is 5.56 Å². The average Bonchev–Trinajstić information content (AvgIpc) is 2.78. The van der Waals surface area contributed by atoms with Crippen LogP contribution in [0.1, 0.15) is 42.6 Å². The predicted octanol–water partition coefficient (Wildman–Crippen LogP) is 3.99. The molecule has 0 atom stereocenters. The average molecular weight is 318 g/mol. The molecule has 0 saturated carbocycles. The molecule has 0 unspecified atom stereocenters. The van der Waals surface area contributed by atoms with E-state index in [4.69, 9.17) is 0 Å². The van der Waals surface area contributed by atoms with E-state index in [1.54, 1.807) is 11.3 Å². The second-order valence-electron chi connectivity index (χ2n) is 4.49. The number of aryl methyl sites for hydroxylation is 1. The maximum atomic E-state index is 12.0. The van der Waals surface area contributed by atoms with Gasteiger partial charge < -0.3 is 5.32 Å². The Morgan fingerprint density at radius 3 is 2.47 bits per heavy atom. The number of hydrogen-bond acceptors (Lipinski definition) is 2. The largest absolute Gasteiger partial charge is 0.351 e. The van der Waals surface area contributed by atoms with Crippen molar-refractivity contribution in [3.63, 3.8) is 0 Å². The van der Waals surface area contributed by atoms with Crippen LogP contribution in [-0.4, -0.2) is 17.8 Å². The summed E-state index contributed by atoms with van der Waals surface area (Å²) in [6.07, 6.45) is 2.13. The third kappa shape index (κ3) is 3.55. The number of nitrogens with one attached hydrogen (secondary N) is 1. The van der Waals surface area contributed by atoms with Gasteiger partial charge in [0, 0.05) is 17.3 Å². The van der Waals surface area contributed by atoms with E-state index < -0.39 is 0 Å². The quantitative estimate of drug-likeness (QED) is 0.790. The Balaban J connectivity index is 2.62. The van der Waals surface area contributed by atoms with Crippen molar-refractivity contribution in [1.29, 1.82) is 0 Å². The van der Waals surface area contributed by atoms with Crippen molar-refractivity contribution < 1.29 is 4.79 Å². The number of alkyl halides is 1. The van der Waals surface area contributed by atoms with E-state index >= 15 is 0 Å². The van der Waals surface area contributed by atoms with Crippen LogP contribution in [0, 0.1) is 12.3 Å². The highest BCUT2D eigenvalue weighted by Crippen LogP contribution is 2.28. The molecule has 0 aromatic carbocycles. The number of amides is 1. The van der Waals surface area contributed by atoms with Crippen LogP contribution >= 0.6 is 27.3 Å². The number of rotatable bonds is 6. The molecule has 96 valence electrons. The van der Waals surface area contributed by atoms with Crippen molar-refractivity contribution in [1.82, 2.24) is 5.32 Å². The van der Waals surface area contributed by atoms with Crippen molar-refractivity contribution in [2.24, 2.45) is 5.41 Å². The Bertz CT molecular complexity index is 363. The second kappa shape index (κ2) is 6.55. The maximum absolute atomic E-state index is 12.0. The molecule has 0 aliphatic heterocycles. The molecule has 1 amide bonds. The molecule has 1 aromatic rings. The van der Waals surface area contributed by atoms with E-state index in [-0.39, 0.29) is 11.3 Å². The molecule has 0 saturated heterocycles. The number of thiophene rings is 1. The Kier molecular flexibility index (Phi) is 5.67. The second-order valence-corrected chi connectivity index (χ2v) is 5.80. The SMILES string of the molecule is CCC(CC)(CBr)CNC(=O)c1cscc1C. The van der Waals surface area contributed by atoms with Crippen LogP contribution in [0.4, 0.5) is 0 Å². The van der Waals surface area contributed by atoms with Crippen LogP contribution in [0.5, 0.6) is 0 Å². The van der Waals surface area contributed by atoms with E-state index in [1.807, 2.05) is 17.7 Å². The van der Waals surface area contributed by atoms with Crippen LogP contribution in [0.2, 0.25) is 0 Å². The van der Waals surface area contributed by atoms with Crippen LogP contribution < -0.4 is 5.32 Å². The summed E-state index contributed by atoms with van der Waals surface area (Å²) in [4.78, 5) is 12.0. The van der Waals surface area contributed by atoms with E-state index in [9.17, 15) is 4.79 Å². The van der Waals surface area contributed by atoms with Gasteiger partial charge in [-0.25, -0.2) is 0 Å². The molecule has 0 aliphatic carbocycles. The van der Waals surface area contributed by atoms with Gasteiger partial charge in [-0.3, -0.25) is 4.79 Å².